The van der Waals surface area contributed by atoms with Crippen molar-refractivity contribution in [2.45, 2.75) is 6.42 Å². The molecular formula is C7H15ClN2O. The Morgan fingerprint density at radius 2 is 2.00 bits per heavy atom. The molecule has 0 aromatic rings. The van der Waals surface area contributed by atoms with Gasteiger partial charge in [-0.3, -0.25) is 0 Å². The van der Waals surface area contributed by atoms with Gasteiger partial charge in [0.25, 0.3) is 0 Å². The van der Waals surface area contributed by atoms with Crippen molar-refractivity contribution in [1.82, 2.24) is 10.2 Å². The van der Waals surface area contributed by atoms with Gasteiger partial charge in [-0.05, 0) is 0 Å². The van der Waals surface area contributed by atoms with Crippen LogP contribution in [-0.4, -0.2) is 43.9 Å². The largest absolute Gasteiger partial charge is 0.314 e. The maximum Gasteiger partial charge on any atom is 0.121 e. The maximum atomic E-state index is 10.0. The van der Waals surface area contributed by atoms with E-state index in [2.05, 4.69) is 10.2 Å². The summed E-state index contributed by atoms with van der Waals surface area (Å²) in [4.78, 5) is 12.3. The summed E-state index contributed by atoms with van der Waals surface area (Å²) in [5.74, 6) is 0. The fraction of sp³-hybridized carbons (Fsp3) is 0.857. The number of carbonyl (C=O) groups excluding carboxylic acids is 1. The summed E-state index contributed by atoms with van der Waals surface area (Å²) in [6.45, 7) is 5.25. The molecule has 0 bridgehead atoms. The molecule has 66 valence electrons. The minimum absolute atomic E-state index is 0. The van der Waals surface area contributed by atoms with E-state index in [1.54, 1.807) is 0 Å². The zero-order valence-electron chi connectivity index (χ0n) is 6.58. The third-order valence-electron chi connectivity index (χ3n) is 1.77. The Kier molecular flexibility index (Phi) is 6.51. The van der Waals surface area contributed by atoms with Gasteiger partial charge < -0.3 is 15.0 Å². The smallest absolute Gasteiger partial charge is 0.121 e. The summed E-state index contributed by atoms with van der Waals surface area (Å²) < 4.78 is 0. The fourth-order valence-electron chi connectivity index (χ4n) is 1.17. The van der Waals surface area contributed by atoms with Crippen molar-refractivity contribution in [3.63, 3.8) is 0 Å². The summed E-state index contributed by atoms with van der Waals surface area (Å²) in [5.41, 5.74) is 0. The average molecular weight is 179 g/mol. The van der Waals surface area contributed by atoms with E-state index >= 15 is 0 Å². The van der Waals surface area contributed by atoms with Gasteiger partial charge in [-0.1, -0.05) is 0 Å². The standard InChI is InChI=1S/C7H14N2O.ClH/c10-7-1-4-9-5-2-8-3-6-9;/h7-8H,1-6H2;1H. The summed E-state index contributed by atoms with van der Waals surface area (Å²) in [6.07, 6.45) is 1.67. The third kappa shape index (κ3) is 4.35. The van der Waals surface area contributed by atoms with Crippen LogP contribution in [0.1, 0.15) is 6.42 Å². The van der Waals surface area contributed by atoms with Crippen molar-refractivity contribution >= 4 is 18.7 Å². The third-order valence-corrected chi connectivity index (χ3v) is 1.77. The summed E-state index contributed by atoms with van der Waals surface area (Å²) in [6, 6.07) is 0. The molecule has 1 fully saturated rings. The molecule has 3 nitrogen and oxygen atoms in total. The van der Waals surface area contributed by atoms with Gasteiger partial charge in [-0.15, -0.1) is 12.4 Å². The van der Waals surface area contributed by atoms with Crippen molar-refractivity contribution in [3.05, 3.63) is 0 Å². The molecule has 0 saturated carbocycles. The average Bonchev–Trinajstić information content (AvgIpc) is 2.03. The van der Waals surface area contributed by atoms with Crippen molar-refractivity contribution in [2.24, 2.45) is 0 Å². The molecule has 1 saturated heterocycles. The van der Waals surface area contributed by atoms with Crippen LogP contribution in [0.5, 0.6) is 0 Å². The predicted octanol–water partition coefficient (Wildman–Crippen LogP) is -0.0976. The first-order valence-corrected chi connectivity index (χ1v) is 3.80. The maximum absolute atomic E-state index is 10.0. The topological polar surface area (TPSA) is 32.3 Å². The molecule has 0 radical (unpaired) electrons. The van der Waals surface area contributed by atoms with Gasteiger partial charge in [0.05, 0.1) is 0 Å². The summed E-state index contributed by atoms with van der Waals surface area (Å²) in [7, 11) is 0. The number of hydrogen-bond acceptors (Lipinski definition) is 3. The number of hydrogen-bond donors (Lipinski definition) is 1. The Balaban J connectivity index is 0.000001000. The van der Waals surface area contributed by atoms with Crippen LogP contribution in [0.15, 0.2) is 0 Å². The molecule has 0 atom stereocenters. The molecule has 1 N–H and O–H groups in total. The second kappa shape index (κ2) is 6.58. The van der Waals surface area contributed by atoms with Crippen LogP contribution in [0.25, 0.3) is 0 Å². The number of halogens is 1. The zero-order valence-corrected chi connectivity index (χ0v) is 7.40. The predicted molar refractivity (Wildman–Crippen MR) is 47.2 cm³/mol. The molecule has 0 unspecified atom stereocenters. The Labute approximate surface area is 73.5 Å². The Bertz CT molecular complexity index is 105. The second-order valence-electron chi connectivity index (χ2n) is 2.55. The molecule has 4 heteroatoms. The lowest BCUT2D eigenvalue weighted by atomic mass is 10.3. The van der Waals surface area contributed by atoms with Gasteiger partial charge >= 0.3 is 0 Å². The van der Waals surface area contributed by atoms with Gasteiger partial charge in [0.15, 0.2) is 0 Å². The van der Waals surface area contributed by atoms with Crippen molar-refractivity contribution in [1.29, 1.82) is 0 Å². The number of piperazine rings is 1. The number of carbonyl (C=O) groups is 1. The van der Waals surface area contributed by atoms with Crippen molar-refractivity contribution in [3.8, 4) is 0 Å². The monoisotopic (exact) mass is 178 g/mol. The quantitative estimate of drug-likeness (QED) is 0.613. The van der Waals surface area contributed by atoms with Gasteiger partial charge in [-0.25, -0.2) is 0 Å². The van der Waals surface area contributed by atoms with E-state index < -0.39 is 0 Å². The summed E-state index contributed by atoms with van der Waals surface area (Å²) in [5, 5.41) is 3.26. The molecule has 0 amide bonds. The number of rotatable bonds is 3. The van der Waals surface area contributed by atoms with Gasteiger partial charge in [0.1, 0.15) is 6.29 Å². The molecule has 1 aliphatic heterocycles. The number of nitrogens with one attached hydrogen (secondary N) is 1. The first-order chi connectivity index (χ1) is 4.93. The van der Waals surface area contributed by atoms with E-state index in [4.69, 9.17) is 0 Å². The number of nitrogens with zero attached hydrogens (tertiary/aromatic N) is 1. The van der Waals surface area contributed by atoms with E-state index in [-0.39, 0.29) is 12.4 Å². The van der Waals surface area contributed by atoms with E-state index in [0.29, 0.717) is 6.42 Å². The molecule has 1 aliphatic rings. The van der Waals surface area contributed by atoms with Crippen LogP contribution in [0.4, 0.5) is 0 Å². The van der Waals surface area contributed by atoms with Crippen LogP contribution in [0.3, 0.4) is 0 Å². The molecule has 1 rings (SSSR count). The Morgan fingerprint density at radius 3 is 2.55 bits per heavy atom. The van der Waals surface area contributed by atoms with Gasteiger partial charge in [0, 0.05) is 39.1 Å². The first-order valence-electron chi connectivity index (χ1n) is 3.80. The Morgan fingerprint density at radius 1 is 1.36 bits per heavy atom. The highest BCUT2D eigenvalue weighted by Crippen LogP contribution is 1.91. The highest BCUT2D eigenvalue weighted by atomic mass is 35.5. The minimum atomic E-state index is 0. The van der Waals surface area contributed by atoms with Crippen LogP contribution in [-0.2, 0) is 4.79 Å². The van der Waals surface area contributed by atoms with E-state index in [9.17, 15) is 4.79 Å². The lowest BCUT2D eigenvalue weighted by Gasteiger charge is -2.26. The highest BCUT2D eigenvalue weighted by molar-refractivity contribution is 5.85. The molecule has 0 aromatic carbocycles. The molecule has 1 heterocycles. The molecular weight excluding hydrogens is 164 g/mol. The fourth-order valence-corrected chi connectivity index (χ4v) is 1.17. The van der Waals surface area contributed by atoms with Gasteiger partial charge in [-0.2, -0.15) is 0 Å². The lowest BCUT2D eigenvalue weighted by molar-refractivity contribution is -0.108. The van der Waals surface area contributed by atoms with Crippen LogP contribution >= 0.6 is 12.4 Å². The number of aldehydes is 1. The van der Waals surface area contributed by atoms with Crippen LogP contribution < -0.4 is 5.32 Å². The van der Waals surface area contributed by atoms with Gasteiger partial charge in [0.2, 0.25) is 0 Å². The van der Waals surface area contributed by atoms with Crippen LogP contribution in [0, 0.1) is 0 Å². The van der Waals surface area contributed by atoms with E-state index in [1.165, 1.54) is 0 Å². The minimum Gasteiger partial charge on any atom is -0.314 e. The highest BCUT2D eigenvalue weighted by Gasteiger charge is 2.07. The first kappa shape index (κ1) is 10.9. The van der Waals surface area contributed by atoms with E-state index in [0.717, 1.165) is 39.0 Å². The Hall–Kier alpha value is -0.120. The SMILES string of the molecule is Cl.O=CCCN1CCNCC1. The van der Waals surface area contributed by atoms with Crippen molar-refractivity contribution in [2.75, 3.05) is 32.7 Å². The second-order valence-corrected chi connectivity index (χ2v) is 2.55. The normalized spacial score (nSPS) is 18.9. The van der Waals surface area contributed by atoms with Crippen molar-refractivity contribution < 1.29 is 4.79 Å². The zero-order chi connectivity index (χ0) is 7.23. The van der Waals surface area contributed by atoms with Crippen LogP contribution in [0.2, 0.25) is 0 Å². The molecule has 0 spiro atoms. The van der Waals surface area contributed by atoms with E-state index in [1.807, 2.05) is 0 Å². The lowest BCUT2D eigenvalue weighted by Crippen LogP contribution is -2.43. The molecule has 0 aliphatic carbocycles. The molecule has 11 heavy (non-hydrogen) atoms. The summed E-state index contributed by atoms with van der Waals surface area (Å²) >= 11 is 0. The molecule has 0 aromatic heterocycles.